The molecule has 0 atom stereocenters. The third-order valence-electron chi connectivity index (χ3n) is 2.94. The molecule has 22 heavy (non-hydrogen) atoms. The molecule has 0 aliphatic rings. The summed E-state index contributed by atoms with van der Waals surface area (Å²) in [5, 5.41) is 9.15. The van der Waals surface area contributed by atoms with Crippen molar-refractivity contribution in [3.63, 3.8) is 0 Å². The number of guanidine groups is 1. The van der Waals surface area contributed by atoms with Crippen molar-refractivity contribution in [2.75, 3.05) is 39.2 Å². The van der Waals surface area contributed by atoms with Gasteiger partial charge in [-0.1, -0.05) is 12.1 Å². The van der Waals surface area contributed by atoms with Gasteiger partial charge in [0.15, 0.2) is 5.96 Å². The van der Waals surface area contributed by atoms with Crippen molar-refractivity contribution in [1.82, 2.24) is 16.0 Å². The molecule has 0 aromatic heterocycles. The molecule has 0 aliphatic heterocycles. The van der Waals surface area contributed by atoms with Crippen LogP contribution in [0, 0.1) is 0 Å². The maximum Gasteiger partial charge on any atom is 0.251 e. The number of halogens is 1. The summed E-state index contributed by atoms with van der Waals surface area (Å²) in [4.78, 5) is 15.8. The normalized spacial score (nSPS) is 10.6. The van der Waals surface area contributed by atoms with Crippen molar-refractivity contribution in [2.24, 2.45) is 4.99 Å². The van der Waals surface area contributed by atoms with Crippen molar-refractivity contribution in [1.29, 1.82) is 0 Å². The zero-order chi connectivity index (χ0) is 15.5. The van der Waals surface area contributed by atoms with E-state index in [1.165, 1.54) is 0 Å². The van der Waals surface area contributed by atoms with E-state index in [1.54, 1.807) is 25.9 Å². The van der Waals surface area contributed by atoms with Crippen LogP contribution < -0.4 is 16.0 Å². The van der Waals surface area contributed by atoms with Gasteiger partial charge in [-0.05, 0) is 30.4 Å². The monoisotopic (exact) mass is 436 g/mol. The topological polar surface area (TPSA) is 65.5 Å². The van der Waals surface area contributed by atoms with E-state index in [1.807, 2.05) is 24.3 Å². The smallest absolute Gasteiger partial charge is 0.251 e. The summed E-state index contributed by atoms with van der Waals surface area (Å²) in [6, 6.07) is 7.67. The zero-order valence-corrected chi connectivity index (χ0v) is 16.5. The Kier molecular flexibility index (Phi) is 12.0. The van der Waals surface area contributed by atoms with E-state index in [0.29, 0.717) is 5.56 Å². The fourth-order valence-corrected chi connectivity index (χ4v) is 2.14. The Hall–Kier alpha value is -0.960. The molecule has 0 spiro atoms. The van der Waals surface area contributed by atoms with E-state index < -0.39 is 0 Å². The van der Waals surface area contributed by atoms with Crippen LogP contribution in [0.25, 0.3) is 0 Å². The number of amides is 1. The van der Waals surface area contributed by atoms with E-state index in [2.05, 4.69) is 27.2 Å². The van der Waals surface area contributed by atoms with Gasteiger partial charge in [0.25, 0.3) is 5.91 Å². The Morgan fingerprint density at radius 2 is 2.00 bits per heavy atom. The average molecular weight is 436 g/mol. The van der Waals surface area contributed by atoms with E-state index in [0.717, 1.165) is 36.8 Å². The quantitative estimate of drug-likeness (QED) is 0.264. The van der Waals surface area contributed by atoms with Crippen LogP contribution in [0.3, 0.4) is 0 Å². The first kappa shape index (κ1) is 21.0. The van der Waals surface area contributed by atoms with Crippen molar-refractivity contribution in [3.8, 4) is 0 Å². The summed E-state index contributed by atoms with van der Waals surface area (Å²) in [6.45, 7) is 1.67. The molecule has 7 heteroatoms. The molecule has 0 bridgehead atoms. The number of carbonyl (C=O) groups is 1. The lowest BCUT2D eigenvalue weighted by Gasteiger charge is -2.11. The molecule has 5 nitrogen and oxygen atoms in total. The van der Waals surface area contributed by atoms with Crippen molar-refractivity contribution >= 4 is 47.6 Å². The minimum absolute atomic E-state index is 0. The van der Waals surface area contributed by atoms with Gasteiger partial charge in [-0.25, -0.2) is 0 Å². The highest BCUT2D eigenvalue weighted by Gasteiger charge is 2.03. The molecule has 0 unspecified atom stereocenters. The number of nitrogens with zero attached hydrogens (tertiary/aromatic N) is 1. The SMILES string of the molecule is CN=C(NCCSC)NCCc1cccc(C(=O)NC)c1.I. The van der Waals surface area contributed by atoms with Gasteiger partial charge in [-0.2, -0.15) is 11.8 Å². The molecule has 0 saturated carbocycles. The van der Waals surface area contributed by atoms with Gasteiger partial charge in [-0.3, -0.25) is 9.79 Å². The Bertz CT molecular complexity index is 482. The van der Waals surface area contributed by atoms with Crippen LogP contribution in [0.5, 0.6) is 0 Å². The highest BCUT2D eigenvalue weighted by molar-refractivity contribution is 14.0. The second-order valence-corrected chi connectivity index (χ2v) is 5.43. The first-order valence-corrected chi connectivity index (χ1v) is 8.35. The van der Waals surface area contributed by atoms with Crippen LogP contribution in [0.1, 0.15) is 15.9 Å². The standard InChI is InChI=1S/C15H24N4OS.HI/c1-16-14(20)13-6-4-5-12(11-13)7-8-18-15(17-2)19-9-10-21-3;/h4-6,11H,7-10H2,1-3H3,(H,16,20)(H2,17,18,19);1H. The van der Waals surface area contributed by atoms with E-state index >= 15 is 0 Å². The van der Waals surface area contributed by atoms with E-state index in [4.69, 9.17) is 0 Å². The lowest BCUT2D eigenvalue weighted by Crippen LogP contribution is -2.39. The third kappa shape index (κ3) is 7.88. The lowest BCUT2D eigenvalue weighted by atomic mass is 10.1. The predicted molar refractivity (Wildman–Crippen MR) is 107 cm³/mol. The summed E-state index contributed by atoms with van der Waals surface area (Å²) < 4.78 is 0. The number of thioether (sulfide) groups is 1. The number of rotatable bonds is 7. The van der Waals surface area contributed by atoms with Gasteiger partial charge >= 0.3 is 0 Å². The molecule has 1 rings (SSSR count). The van der Waals surface area contributed by atoms with E-state index in [-0.39, 0.29) is 29.9 Å². The van der Waals surface area contributed by atoms with Gasteiger partial charge in [-0.15, -0.1) is 24.0 Å². The lowest BCUT2D eigenvalue weighted by molar-refractivity contribution is 0.0963. The minimum Gasteiger partial charge on any atom is -0.356 e. The van der Waals surface area contributed by atoms with Gasteiger partial charge < -0.3 is 16.0 Å². The van der Waals surface area contributed by atoms with Gasteiger partial charge in [0.2, 0.25) is 0 Å². The molecule has 3 N–H and O–H groups in total. The second kappa shape index (κ2) is 12.6. The Balaban J connectivity index is 0.00000441. The first-order chi connectivity index (χ1) is 10.2. The molecule has 0 fully saturated rings. The van der Waals surface area contributed by atoms with Gasteiger partial charge in [0.05, 0.1) is 0 Å². The average Bonchev–Trinajstić information content (AvgIpc) is 2.53. The zero-order valence-electron chi connectivity index (χ0n) is 13.3. The number of nitrogens with one attached hydrogen (secondary N) is 3. The van der Waals surface area contributed by atoms with Crippen molar-refractivity contribution in [2.45, 2.75) is 6.42 Å². The maximum absolute atomic E-state index is 11.6. The van der Waals surface area contributed by atoms with Crippen LogP contribution in [0.15, 0.2) is 29.3 Å². The fourth-order valence-electron chi connectivity index (χ4n) is 1.83. The number of hydrogen-bond donors (Lipinski definition) is 3. The molecule has 0 heterocycles. The van der Waals surface area contributed by atoms with Gasteiger partial charge in [0.1, 0.15) is 0 Å². The summed E-state index contributed by atoms with van der Waals surface area (Å²) in [7, 11) is 3.40. The fraction of sp³-hybridized carbons (Fsp3) is 0.467. The molecule has 0 radical (unpaired) electrons. The number of carbonyl (C=O) groups excluding carboxylic acids is 1. The Labute approximate surface area is 154 Å². The molecule has 1 aromatic rings. The molecule has 124 valence electrons. The predicted octanol–water partition coefficient (Wildman–Crippen LogP) is 1.73. The largest absolute Gasteiger partial charge is 0.356 e. The summed E-state index contributed by atoms with van der Waals surface area (Å²) in [5.74, 6) is 1.81. The van der Waals surface area contributed by atoms with Crippen LogP contribution in [0.2, 0.25) is 0 Å². The molecular weight excluding hydrogens is 411 g/mol. The molecule has 1 aromatic carbocycles. The van der Waals surface area contributed by atoms with E-state index in [9.17, 15) is 4.79 Å². The Morgan fingerprint density at radius 3 is 2.64 bits per heavy atom. The van der Waals surface area contributed by atoms with Crippen LogP contribution in [-0.4, -0.2) is 51.1 Å². The van der Waals surface area contributed by atoms with Crippen LogP contribution in [0.4, 0.5) is 0 Å². The van der Waals surface area contributed by atoms with Crippen molar-refractivity contribution in [3.05, 3.63) is 35.4 Å². The third-order valence-corrected chi connectivity index (χ3v) is 3.56. The number of hydrogen-bond acceptors (Lipinski definition) is 3. The molecule has 1 amide bonds. The summed E-state index contributed by atoms with van der Waals surface area (Å²) in [5.41, 5.74) is 1.82. The van der Waals surface area contributed by atoms with Crippen molar-refractivity contribution < 1.29 is 4.79 Å². The Morgan fingerprint density at radius 1 is 1.27 bits per heavy atom. The maximum atomic E-state index is 11.6. The summed E-state index contributed by atoms with van der Waals surface area (Å²) in [6.07, 6.45) is 2.92. The molecule has 0 saturated heterocycles. The minimum atomic E-state index is -0.0562. The summed E-state index contributed by atoms with van der Waals surface area (Å²) >= 11 is 1.80. The highest BCUT2D eigenvalue weighted by Crippen LogP contribution is 2.05. The molecule has 0 aliphatic carbocycles. The number of aliphatic imine (C=N–C) groups is 1. The van der Waals surface area contributed by atoms with Gasteiger partial charge in [0, 0.05) is 38.5 Å². The molecular formula is C15H25IN4OS. The second-order valence-electron chi connectivity index (χ2n) is 4.45. The van der Waals surface area contributed by atoms with Crippen LogP contribution in [-0.2, 0) is 6.42 Å². The first-order valence-electron chi connectivity index (χ1n) is 6.95. The number of benzene rings is 1. The highest BCUT2D eigenvalue weighted by atomic mass is 127. The van der Waals surface area contributed by atoms with Crippen LogP contribution >= 0.6 is 35.7 Å².